The van der Waals surface area contributed by atoms with Gasteiger partial charge in [-0.2, -0.15) is 4.98 Å². The molecule has 0 aliphatic heterocycles. The van der Waals surface area contributed by atoms with Crippen molar-refractivity contribution in [2.24, 2.45) is 0 Å². The van der Waals surface area contributed by atoms with Gasteiger partial charge in [-0.25, -0.2) is 4.52 Å². The number of amides is 1. The van der Waals surface area contributed by atoms with Crippen LogP contribution in [0.1, 0.15) is 9.67 Å². The number of hydrogen-bond donors (Lipinski definition) is 2. The zero-order valence-corrected chi connectivity index (χ0v) is 15.3. The number of fused-ring (bicyclic) bond motifs is 1. The van der Waals surface area contributed by atoms with Crippen molar-refractivity contribution in [3.05, 3.63) is 58.9 Å². The van der Waals surface area contributed by atoms with Crippen LogP contribution in [-0.2, 0) is 0 Å². The monoisotopic (exact) mass is 419 g/mol. The fraction of sp³-hybridized carbons (Fsp3) is 0.0556. The van der Waals surface area contributed by atoms with Gasteiger partial charge < -0.3 is 15.8 Å². The van der Waals surface area contributed by atoms with Crippen LogP contribution < -0.4 is 15.8 Å². The van der Waals surface area contributed by atoms with Crippen LogP contribution in [0.5, 0.6) is 5.75 Å². The molecule has 0 saturated heterocycles. The van der Waals surface area contributed by atoms with Crippen LogP contribution in [0.15, 0.2) is 54.0 Å². The van der Waals surface area contributed by atoms with Gasteiger partial charge in [0.15, 0.2) is 11.4 Å². The summed E-state index contributed by atoms with van der Waals surface area (Å²) < 4.78 is 43.1. The lowest BCUT2D eigenvalue weighted by atomic mass is 10.1. The summed E-state index contributed by atoms with van der Waals surface area (Å²) in [6, 6.07) is 10.5. The fourth-order valence-electron chi connectivity index (χ4n) is 2.65. The molecular weight excluding hydrogens is 407 g/mol. The van der Waals surface area contributed by atoms with Crippen molar-refractivity contribution in [3.63, 3.8) is 0 Å². The van der Waals surface area contributed by atoms with Gasteiger partial charge in [0.1, 0.15) is 0 Å². The van der Waals surface area contributed by atoms with E-state index in [2.05, 4.69) is 20.1 Å². The maximum Gasteiger partial charge on any atom is 0.573 e. The lowest BCUT2D eigenvalue weighted by Gasteiger charge is -2.13. The number of para-hydroxylation sites is 2. The van der Waals surface area contributed by atoms with Gasteiger partial charge in [-0.05, 0) is 41.3 Å². The maximum atomic E-state index is 12.5. The van der Waals surface area contributed by atoms with Gasteiger partial charge in [0.2, 0.25) is 5.95 Å². The van der Waals surface area contributed by atoms with E-state index in [1.807, 2.05) is 0 Å². The largest absolute Gasteiger partial charge is 0.573 e. The Morgan fingerprint density at radius 3 is 2.76 bits per heavy atom. The van der Waals surface area contributed by atoms with E-state index in [9.17, 15) is 18.0 Å². The van der Waals surface area contributed by atoms with E-state index in [0.29, 0.717) is 10.5 Å². The van der Waals surface area contributed by atoms with E-state index in [1.54, 1.807) is 29.8 Å². The number of alkyl halides is 3. The molecule has 0 saturated carbocycles. The molecule has 0 unspecified atom stereocenters. The van der Waals surface area contributed by atoms with Crippen molar-refractivity contribution in [3.8, 4) is 16.9 Å². The van der Waals surface area contributed by atoms with Crippen molar-refractivity contribution in [2.45, 2.75) is 6.36 Å². The number of aromatic nitrogens is 3. The average Bonchev–Trinajstić information content (AvgIpc) is 3.27. The quantitative estimate of drug-likeness (QED) is 0.517. The molecule has 1 amide bonds. The summed E-state index contributed by atoms with van der Waals surface area (Å²) in [4.78, 5) is 16.9. The van der Waals surface area contributed by atoms with E-state index in [1.165, 1.54) is 22.7 Å². The Morgan fingerprint density at radius 2 is 1.97 bits per heavy atom. The molecule has 4 rings (SSSR count). The molecule has 0 bridgehead atoms. The van der Waals surface area contributed by atoms with Crippen LogP contribution in [0.3, 0.4) is 0 Å². The molecule has 3 heterocycles. The first kappa shape index (κ1) is 18.7. The number of rotatable bonds is 4. The van der Waals surface area contributed by atoms with Crippen LogP contribution in [0.25, 0.3) is 16.8 Å². The number of ether oxygens (including phenoxy) is 1. The number of carbonyl (C=O) groups excluding carboxylic acids is 1. The Labute approximate surface area is 165 Å². The lowest BCUT2D eigenvalue weighted by Crippen LogP contribution is -2.19. The van der Waals surface area contributed by atoms with Gasteiger partial charge in [0.25, 0.3) is 5.91 Å². The molecule has 29 heavy (non-hydrogen) atoms. The molecule has 0 aliphatic carbocycles. The van der Waals surface area contributed by atoms with Crippen LogP contribution in [0.4, 0.5) is 24.8 Å². The van der Waals surface area contributed by atoms with Crippen LogP contribution in [-0.4, -0.2) is 26.9 Å². The van der Waals surface area contributed by atoms with Gasteiger partial charge in [-0.15, -0.1) is 29.6 Å². The molecule has 0 aliphatic rings. The Hall–Kier alpha value is -3.60. The van der Waals surface area contributed by atoms with Crippen molar-refractivity contribution in [1.29, 1.82) is 0 Å². The van der Waals surface area contributed by atoms with Crippen LogP contribution >= 0.6 is 11.3 Å². The molecule has 148 valence electrons. The molecule has 11 heteroatoms. The number of nitrogens with zero attached hydrogens (tertiary/aromatic N) is 3. The molecule has 0 atom stereocenters. The van der Waals surface area contributed by atoms with E-state index in [0.717, 1.165) is 28.5 Å². The standard InChI is InChI=1S/C18H12F3N5O2S/c19-18(20,21)28-13-4-2-1-3-12(13)23-16(27)14-7-11(9-29-14)10-5-6-15-24-17(22)25-26(15)8-10/h1-9H,(H2,22,25)(H,23,27). The highest BCUT2D eigenvalue weighted by Gasteiger charge is 2.32. The predicted molar refractivity (Wildman–Crippen MR) is 102 cm³/mol. The smallest absolute Gasteiger partial charge is 0.404 e. The van der Waals surface area contributed by atoms with E-state index in [-0.39, 0.29) is 11.6 Å². The van der Waals surface area contributed by atoms with Gasteiger partial charge in [0, 0.05) is 11.8 Å². The third kappa shape index (κ3) is 4.14. The topological polar surface area (TPSA) is 94.5 Å². The minimum atomic E-state index is -4.86. The second-order valence-corrected chi connectivity index (χ2v) is 6.80. The normalized spacial score (nSPS) is 11.6. The summed E-state index contributed by atoms with van der Waals surface area (Å²) in [7, 11) is 0. The first-order chi connectivity index (χ1) is 13.8. The minimum Gasteiger partial charge on any atom is -0.404 e. The number of thiophene rings is 1. The summed E-state index contributed by atoms with van der Waals surface area (Å²) in [5.41, 5.74) is 7.60. The SMILES string of the molecule is Nc1nc2ccc(-c3csc(C(=O)Nc4ccccc4OC(F)(F)F)c3)cn2n1. The van der Waals surface area contributed by atoms with Gasteiger partial charge >= 0.3 is 6.36 Å². The molecule has 3 aromatic heterocycles. The molecule has 0 radical (unpaired) electrons. The van der Waals surface area contributed by atoms with Crippen molar-refractivity contribution in [2.75, 3.05) is 11.1 Å². The first-order valence-corrected chi connectivity index (χ1v) is 9.03. The minimum absolute atomic E-state index is 0.0794. The number of anilines is 2. The van der Waals surface area contributed by atoms with Crippen LogP contribution in [0, 0.1) is 0 Å². The molecule has 4 aromatic rings. The van der Waals surface area contributed by atoms with E-state index < -0.39 is 18.0 Å². The van der Waals surface area contributed by atoms with Crippen molar-refractivity contribution >= 4 is 34.5 Å². The number of hydrogen-bond acceptors (Lipinski definition) is 6. The number of halogens is 3. The Bertz CT molecular complexity index is 1200. The summed E-state index contributed by atoms with van der Waals surface area (Å²) in [5, 5.41) is 8.25. The van der Waals surface area contributed by atoms with Gasteiger partial charge in [-0.3, -0.25) is 4.79 Å². The van der Waals surface area contributed by atoms with Gasteiger partial charge in [-0.1, -0.05) is 12.1 Å². The second-order valence-electron chi connectivity index (χ2n) is 5.89. The fourth-order valence-corrected chi connectivity index (χ4v) is 3.46. The highest BCUT2D eigenvalue weighted by Crippen LogP contribution is 2.31. The summed E-state index contributed by atoms with van der Waals surface area (Å²) in [6.45, 7) is 0. The highest BCUT2D eigenvalue weighted by atomic mass is 32.1. The molecule has 1 aromatic carbocycles. The number of nitrogen functional groups attached to an aromatic ring is 1. The number of carbonyl (C=O) groups is 1. The maximum absolute atomic E-state index is 12.5. The molecule has 0 fully saturated rings. The lowest BCUT2D eigenvalue weighted by molar-refractivity contribution is -0.274. The van der Waals surface area contributed by atoms with E-state index >= 15 is 0 Å². The second kappa shape index (κ2) is 7.09. The number of nitrogens with two attached hydrogens (primary N) is 1. The Morgan fingerprint density at radius 1 is 1.17 bits per heavy atom. The summed E-state index contributed by atoms with van der Waals surface area (Å²) in [6.07, 6.45) is -3.14. The number of benzene rings is 1. The Kier molecular flexibility index (Phi) is 4.59. The molecule has 7 nitrogen and oxygen atoms in total. The highest BCUT2D eigenvalue weighted by molar-refractivity contribution is 7.12. The average molecular weight is 419 g/mol. The van der Waals surface area contributed by atoms with Crippen molar-refractivity contribution in [1.82, 2.24) is 14.6 Å². The predicted octanol–water partition coefficient (Wildman–Crippen LogP) is 4.19. The molecular formula is C18H12F3N5O2S. The third-order valence-electron chi connectivity index (χ3n) is 3.86. The molecule has 3 N–H and O–H groups in total. The summed E-state index contributed by atoms with van der Waals surface area (Å²) in [5.74, 6) is -0.891. The van der Waals surface area contributed by atoms with Gasteiger partial charge in [0.05, 0.1) is 10.6 Å². The Balaban J connectivity index is 1.56. The van der Waals surface area contributed by atoms with Crippen molar-refractivity contribution < 1.29 is 22.7 Å². The zero-order chi connectivity index (χ0) is 20.6. The van der Waals surface area contributed by atoms with Crippen LogP contribution in [0.2, 0.25) is 0 Å². The number of nitrogens with one attached hydrogen (secondary N) is 1. The first-order valence-electron chi connectivity index (χ1n) is 8.15. The number of pyridine rings is 1. The zero-order valence-electron chi connectivity index (χ0n) is 14.5. The summed E-state index contributed by atoms with van der Waals surface area (Å²) >= 11 is 1.16. The third-order valence-corrected chi connectivity index (χ3v) is 4.79. The van der Waals surface area contributed by atoms with E-state index in [4.69, 9.17) is 5.73 Å². The molecule has 0 spiro atoms.